The third-order valence-corrected chi connectivity index (χ3v) is 7.08. The summed E-state index contributed by atoms with van der Waals surface area (Å²) in [6.45, 7) is 8.12. The van der Waals surface area contributed by atoms with Gasteiger partial charge in [0.15, 0.2) is 0 Å². The van der Waals surface area contributed by atoms with Gasteiger partial charge in [-0.25, -0.2) is 9.78 Å². The Bertz CT molecular complexity index is 1470. The fourth-order valence-corrected chi connectivity index (χ4v) is 4.76. The number of aromatic nitrogens is 2. The van der Waals surface area contributed by atoms with E-state index in [1.165, 1.54) is 19.2 Å². The minimum Gasteiger partial charge on any atom is -0.481 e. The summed E-state index contributed by atoms with van der Waals surface area (Å²) in [6, 6.07) is 11.3. The highest BCUT2D eigenvalue weighted by molar-refractivity contribution is 5.92. The van der Waals surface area contributed by atoms with Crippen LogP contribution in [0.1, 0.15) is 85.5 Å². The van der Waals surface area contributed by atoms with Crippen molar-refractivity contribution in [3.8, 4) is 17.0 Å². The van der Waals surface area contributed by atoms with Crippen molar-refractivity contribution >= 4 is 12.0 Å². The topological polar surface area (TPSA) is 112 Å². The lowest BCUT2D eigenvalue weighted by atomic mass is 9.95. The summed E-state index contributed by atoms with van der Waals surface area (Å²) < 4.78 is 56.7. The molecule has 1 saturated heterocycles. The third-order valence-electron chi connectivity index (χ3n) is 7.08. The van der Waals surface area contributed by atoms with Crippen LogP contribution in [0.5, 0.6) is 5.88 Å². The standard InChI is InChI=1S/C32H37F3N4O5/c1-19(37-29(40)26-17-27(42-5)39-28(38-26)22-12-14-43-15-13-22)20-6-8-21(9-7-20)25-16-24(32(33,34)35)11-10-23(25)18-36-30(41)44-31(2,3)4/h6-11,16-17,19,22H,12-15,18H2,1-5H3,(H,36,41)(H,37,40)/t19-/m1/s1. The van der Waals surface area contributed by atoms with E-state index >= 15 is 0 Å². The molecule has 1 aliphatic heterocycles. The van der Waals surface area contributed by atoms with Crippen molar-refractivity contribution in [2.45, 2.75) is 70.8 Å². The molecule has 236 valence electrons. The zero-order valence-electron chi connectivity index (χ0n) is 25.4. The fourth-order valence-electron chi connectivity index (χ4n) is 4.76. The summed E-state index contributed by atoms with van der Waals surface area (Å²) >= 11 is 0. The van der Waals surface area contributed by atoms with Gasteiger partial charge in [-0.05, 0) is 74.9 Å². The van der Waals surface area contributed by atoms with Crippen molar-refractivity contribution in [2.24, 2.45) is 0 Å². The number of hydrogen-bond acceptors (Lipinski definition) is 7. The van der Waals surface area contributed by atoms with E-state index in [0.717, 1.165) is 30.5 Å². The molecule has 2 amide bonds. The maximum atomic E-state index is 13.6. The molecule has 4 rings (SSSR count). The van der Waals surface area contributed by atoms with Gasteiger partial charge in [-0.3, -0.25) is 4.79 Å². The maximum absolute atomic E-state index is 13.6. The summed E-state index contributed by atoms with van der Waals surface area (Å²) in [5.41, 5.74) is 0.686. The van der Waals surface area contributed by atoms with E-state index in [1.54, 1.807) is 52.0 Å². The van der Waals surface area contributed by atoms with Crippen LogP contribution in [0.3, 0.4) is 0 Å². The minimum absolute atomic E-state index is 0.0329. The summed E-state index contributed by atoms with van der Waals surface area (Å²) in [7, 11) is 1.48. The predicted molar refractivity (Wildman–Crippen MR) is 157 cm³/mol. The lowest BCUT2D eigenvalue weighted by Crippen LogP contribution is -2.32. The number of amides is 2. The number of halogens is 3. The van der Waals surface area contributed by atoms with E-state index in [9.17, 15) is 22.8 Å². The molecule has 0 saturated carbocycles. The lowest BCUT2D eigenvalue weighted by Gasteiger charge is -2.21. The third kappa shape index (κ3) is 8.68. The lowest BCUT2D eigenvalue weighted by molar-refractivity contribution is -0.137. The van der Waals surface area contributed by atoms with Crippen LogP contribution in [0.15, 0.2) is 48.5 Å². The smallest absolute Gasteiger partial charge is 0.416 e. The zero-order valence-corrected chi connectivity index (χ0v) is 25.4. The molecule has 1 atom stereocenters. The Morgan fingerprint density at radius 1 is 1.02 bits per heavy atom. The molecule has 1 aromatic heterocycles. The van der Waals surface area contributed by atoms with Gasteiger partial charge >= 0.3 is 12.3 Å². The monoisotopic (exact) mass is 614 g/mol. The van der Waals surface area contributed by atoms with E-state index in [0.29, 0.717) is 41.6 Å². The van der Waals surface area contributed by atoms with Crippen molar-refractivity contribution in [1.82, 2.24) is 20.6 Å². The zero-order chi connectivity index (χ0) is 32.1. The number of hydrogen-bond donors (Lipinski definition) is 2. The van der Waals surface area contributed by atoms with E-state index < -0.39 is 35.4 Å². The second kappa shape index (κ2) is 13.6. The van der Waals surface area contributed by atoms with Gasteiger partial charge in [-0.2, -0.15) is 18.2 Å². The van der Waals surface area contributed by atoms with Crippen LogP contribution >= 0.6 is 0 Å². The molecular formula is C32H37F3N4O5. The molecule has 2 aromatic carbocycles. The van der Waals surface area contributed by atoms with Gasteiger partial charge in [0.2, 0.25) is 5.88 Å². The second-order valence-electron chi connectivity index (χ2n) is 11.6. The SMILES string of the molecule is COc1cc(C(=O)N[C@H](C)c2ccc(-c3cc(C(F)(F)F)ccc3CNC(=O)OC(C)(C)C)cc2)nc(C2CCOCC2)n1. The fraction of sp³-hybridized carbons (Fsp3) is 0.438. The molecule has 2 N–H and O–H groups in total. The van der Waals surface area contributed by atoms with E-state index in [1.807, 2.05) is 0 Å². The van der Waals surface area contributed by atoms with Gasteiger partial charge in [0.25, 0.3) is 5.91 Å². The van der Waals surface area contributed by atoms with Gasteiger partial charge in [-0.1, -0.05) is 30.3 Å². The quantitative estimate of drug-likeness (QED) is 0.295. The molecule has 9 nitrogen and oxygen atoms in total. The second-order valence-corrected chi connectivity index (χ2v) is 11.6. The number of carbonyl (C=O) groups excluding carboxylic acids is 2. The van der Waals surface area contributed by atoms with Gasteiger partial charge < -0.3 is 24.8 Å². The highest BCUT2D eigenvalue weighted by Gasteiger charge is 2.31. The summed E-state index contributed by atoms with van der Waals surface area (Å²) in [4.78, 5) is 34.3. The summed E-state index contributed by atoms with van der Waals surface area (Å²) in [6.07, 6.45) is -3.72. The number of methoxy groups -OCH3 is 1. The van der Waals surface area contributed by atoms with Crippen LogP contribution in [-0.4, -0.2) is 47.9 Å². The molecular weight excluding hydrogens is 577 g/mol. The minimum atomic E-state index is -4.54. The van der Waals surface area contributed by atoms with Gasteiger partial charge in [0.05, 0.1) is 18.7 Å². The van der Waals surface area contributed by atoms with Crippen LogP contribution in [0.2, 0.25) is 0 Å². The van der Waals surface area contributed by atoms with Crippen LogP contribution in [0, 0.1) is 0 Å². The first-order valence-corrected chi connectivity index (χ1v) is 14.3. The van der Waals surface area contributed by atoms with Gasteiger partial charge in [0.1, 0.15) is 17.1 Å². The van der Waals surface area contributed by atoms with Crippen molar-refractivity contribution < 1.29 is 37.0 Å². The number of rotatable bonds is 8. The number of ether oxygens (including phenoxy) is 3. The van der Waals surface area contributed by atoms with Gasteiger partial charge in [0, 0.05) is 31.7 Å². The molecule has 0 aliphatic carbocycles. The summed E-state index contributed by atoms with van der Waals surface area (Å²) in [5.74, 6) is 0.481. The highest BCUT2D eigenvalue weighted by Crippen LogP contribution is 2.35. The van der Waals surface area contributed by atoms with E-state index in [-0.39, 0.29) is 18.2 Å². The van der Waals surface area contributed by atoms with Crippen molar-refractivity contribution in [1.29, 1.82) is 0 Å². The van der Waals surface area contributed by atoms with Crippen LogP contribution < -0.4 is 15.4 Å². The Hall–Kier alpha value is -4.19. The molecule has 1 fully saturated rings. The molecule has 0 unspecified atom stereocenters. The summed E-state index contributed by atoms with van der Waals surface area (Å²) in [5, 5.41) is 5.53. The number of nitrogens with zero attached hydrogens (tertiary/aromatic N) is 2. The molecule has 0 bridgehead atoms. The Labute approximate surface area is 254 Å². The Balaban J connectivity index is 1.52. The largest absolute Gasteiger partial charge is 0.481 e. The van der Waals surface area contributed by atoms with E-state index in [2.05, 4.69) is 20.6 Å². The Morgan fingerprint density at radius 2 is 1.70 bits per heavy atom. The maximum Gasteiger partial charge on any atom is 0.416 e. The molecule has 0 spiro atoms. The normalized spacial score (nSPS) is 14.9. The number of alkyl halides is 3. The number of carbonyl (C=O) groups is 2. The van der Waals surface area contributed by atoms with Crippen molar-refractivity contribution in [2.75, 3.05) is 20.3 Å². The van der Waals surface area contributed by atoms with Gasteiger partial charge in [-0.15, -0.1) is 0 Å². The molecule has 44 heavy (non-hydrogen) atoms. The predicted octanol–water partition coefficient (Wildman–Crippen LogP) is 6.58. The first kappa shape index (κ1) is 32.7. The number of benzene rings is 2. The molecule has 3 aromatic rings. The first-order valence-electron chi connectivity index (χ1n) is 14.3. The van der Waals surface area contributed by atoms with Crippen LogP contribution in [0.25, 0.3) is 11.1 Å². The molecule has 2 heterocycles. The first-order chi connectivity index (χ1) is 20.7. The number of nitrogens with one attached hydrogen (secondary N) is 2. The highest BCUT2D eigenvalue weighted by atomic mass is 19.4. The Morgan fingerprint density at radius 3 is 2.32 bits per heavy atom. The molecule has 1 aliphatic rings. The average molecular weight is 615 g/mol. The van der Waals surface area contributed by atoms with E-state index in [4.69, 9.17) is 14.2 Å². The van der Waals surface area contributed by atoms with Crippen LogP contribution in [-0.2, 0) is 22.2 Å². The molecule has 0 radical (unpaired) electrons. The number of alkyl carbamates (subject to hydrolysis) is 1. The van der Waals surface area contributed by atoms with Crippen molar-refractivity contribution in [3.63, 3.8) is 0 Å². The van der Waals surface area contributed by atoms with Crippen molar-refractivity contribution in [3.05, 3.63) is 76.7 Å². The Kier molecular flexibility index (Phi) is 10.1. The molecule has 12 heteroatoms. The van der Waals surface area contributed by atoms with Crippen LogP contribution in [0.4, 0.5) is 18.0 Å². The average Bonchev–Trinajstić information content (AvgIpc) is 2.98.